The molecule has 0 aliphatic heterocycles. The number of phenolic OH excluding ortho intramolecular Hbond substituents is 1. The van der Waals surface area contributed by atoms with E-state index in [0.717, 1.165) is 0 Å². The Balaban J connectivity index is 1.15. The van der Waals surface area contributed by atoms with Gasteiger partial charge in [-0.2, -0.15) is 0 Å². The second-order valence-corrected chi connectivity index (χ2v) is 23.3. The van der Waals surface area contributed by atoms with E-state index in [1.807, 2.05) is 0 Å². The molecule has 0 aliphatic rings. The van der Waals surface area contributed by atoms with E-state index >= 15 is 0 Å². The van der Waals surface area contributed by atoms with Crippen LogP contribution in [0.15, 0.2) is 133 Å². The Labute approximate surface area is 558 Å². The fraction of sp³-hybridized carbons (Fsp3) is 0.369. The van der Waals surface area contributed by atoms with Crippen molar-refractivity contribution in [3.8, 4) is 5.75 Å². The molecule has 23 N–H and O–H groups in total. The summed E-state index contributed by atoms with van der Waals surface area (Å²) in [5, 5.41) is 44.0. The number of carbonyl (C=O) groups excluding carboxylic acids is 11. The van der Waals surface area contributed by atoms with Crippen molar-refractivity contribution in [2.45, 2.75) is 126 Å². The first kappa shape index (κ1) is 74.6. The van der Waals surface area contributed by atoms with Gasteiger partial charge in [-0.3, -0.25) is 58.4 Å². The van der Waals surface area contributed by atoms with Crippen LogP contribution in [0, 0.1) is 5.92 Å². The minimum absolute atomic E-state index is 0.000658. The van der Waals surface area contributed by atoms with Crippen LogP contribution < -0.4 is 81.6 Å². The van der Waals surface area contributed by atoms with Crippen LogP contribution in [0.25, 0.3) is 10.9 Å². The smallest absolute Gasteiger partial charge is 0.334 e. The molecule has 0 spiro atoms. The number of aromatic nitrogens is 3. The summed E-state index contributed by atoms with van der Waals surface area (Å²) >= 11 is 0. The molecular weight excluding hydrogens is 1250 g/mol. The summed E-state index contributed by atoms with van der Waals surface area (Å²) in [6, 6.07) is 15.8. The van der Waals surface area contributed by atoms with Crippen LogP contribution in [0.3, 0.4) is 0 Å². The lowest BCUT2D eigenvalue weighted by Crippen LogP contribution is -2.62. The molecule has 0 aliphatic carbocycles. The number of fused-ring (bicyclic) bond motifs is 1. The highest BCUT2D eigenvalue weighted by Gasteiger charge is 2.36. The maximum Gasteiger partial charge on any atom is 0.334 e. The number of phenols is 1. The number of para-hydroxylation sites is 1. The normalized spacial score (nSPS) is 14.1. The van der Waals surface area contributed by atoms with Crippen molar-refractivity contribution in [2.75, 3.05) is 20.2 Å². The number of rotatable bonds is 36. The number of aromatic amines is 2. The van der Waals surface area contributed by atoms with Crippen LogP contribution in [0.2, 0.25) is 0 Å². The highest BCUT2D eigenvalue weighted by atomic mass is 16.3. The molecule has 4 aromatic carbocycles. The van der Waals surface area contributed by atoms with Gasteiger partial charge in [0.2, 0.25) is 53.2 Å². The first-order valence-electron chi connectivity index (χ1n) is 31.2. The van der Waals surface area contributed by atoms with Gasteiger partial charge in [-0.25, -0.2) is 15.2 Å². The Morgan fingerprint density at radius 3 is 1.65 bits per heavy atom. The predicted octanol–water partition coefficient (Wildman–Crippen LogP) is -2.76. The maximum atomic E-state index is 14.6. The summed E-state index contributed by atoms with van der Waals surface area (Å²) in [7, 11) is 1.57. The van der Waals surface area contributed by atoms with Crippen molar-refractivity contribution in [3.63, 3.8) is 0 Å². The number of carbonyl (C=O) groups is 11. The van der Waals surface area contributed by atoms with E-state index in [1.165, 1.54) is 24.7 Å². The van der Waals surface area contributed by atoms with Gasteiger partial charge in [-0.15, -0.1) is 0 Å². The van der Waals surface area contributed by atoms with Gasteiger partial charge in [0.25, 0.3) is 5.91 Å². The van der Waals surface area contributed by atoms with Gasteiger partial charge in [0.1, 0.15) is 54.1 Å². The van der Waals surface area contributed by atoms with Gasteiger partial charge in [0.15, 0.2) is 5.96 Å². The number of hydrogen-bond acceptors (Lipinski definition) is 16. The van der Waals surface area contributed by atoms with Crippen LogP contribution in [0.1, 0.15) is 67.5 Å². The second kappa shape index (κ2) is 37.5. The van der Waals surface area contributed by atoms with Crippen LogP contribution >= 0.6 is 0 Å². The number of amides is 12. The molecule has 2 aromatic heterocycles. The molecule has 6 aromatic rings. The molecule has 32 heteroatoms. The SMILES string of the molecule is CNC(N)=NCCC[C@H](NC(=O)[C@H](CC(C)C)NC(=O)NNC(=O)[C@H](Cc1ccccc1)NC(=O)[C@H](CO)NC(=O)[C@H](CC(N)=O)NC(=O)[C@H](Cc1c[nH]c2ccccc12)NC(=O)[C@@H](Cc1cnc[nH]1)NC(=O)[C@H](N)Cc1ccc(O)cc1)C(=O)N[C@@H](Cc1ccccc1)C(N)=O. The average molecular weight is 1340 g/mol. The fourth-order valence-electron chi connectivity index (χ4n) is 10.1. The molecule has 6 rings (SSSR count). The molecule has 97 heavy (non-hydrogen) atoms. The van der Waals surface area contributed by atoms with Gasteiger partial charge < -0.3 is 91.0 Å². The molecule has 518 valence electrons. The topological polar surface area (TPSA) is 521 Å². The fourth-order valence-corrected chi connectivity index (χ4v) is 10.1. The Morgan fingerprint density at radius 2 is 1.05 bits per heavy atom. The number of H-pyrrole nitrogens is 2. The average Bonchev–Trinajstić information content (AvgIpc) is 1.74. The zero-order valence-electron chi connectivity index (χ0n) is 53.8. The number of aliphatic hydroxyl groups excluding tert-OH is 1. The van der Waals surface area contributed by atoms with E-state index in [1.54, 1.807) is 124 Å². The quantitative estimate of drug-likeness (QED) is 0.00820. The van der Waals surface area contributed by atoms with Crippen LogP contribution in [-0.2, 0) is 80.0 Å². The number of urea groups is 1. The lowest BCUT2D eigenvalue weighted by Gasteiger charge is -2.27. The predicted molar refractivity (Wildman–Crippen MR) is 356 cm³/mol. The lowest BCUT2D eigenvalue weighted by atomic mass is 10.0. The van der Waals surface area contributed by atoms with E-state index in [9.17, 15) is 63.0 Å². The van der Waals surface area contributed by atoms with E-state index < -0.39 is 133 Å². The van der Waals surface area contributed by atoms with E-state index in [2.05, 4.69) is 78.6 Å². The molecule has 0 radical (unpaired) electrons. The minimum Gasteiger partial charge on any atom is -0.508 e. The number of benzene rings is 4. The number of imidazole rings is 1. The number of aliphatic hydroxyl groups is 1. The van der Waals surface area contributed by atoms with Crippen molar-refractivity contribution in [3.05, 3.63) is 156 Å². The number of guanidine groups is 1. The molecule has 2 heterocycles. The van der Waals surface area contributed by atoms with Crippen molar-refractivity contribution in [1.82, 2.24) is 73.7 Å². The molecular formula is C65H85N19O13. The first-order chi connectivity index (χ1) is 46.4. The van der Waals surface area contributed by atoms with Crippen molar-refractivity contribution >= 4 is 82.0 Å². The Hall–Kier alpha value is -11.4. The second-order valence-electron chi connectivity index (χ2n) is 23.3. The summed E-state index contributed by atoms with van der Waals surface area (Å²) in [4.78, 5) is 166. The first-order valence-corrected chi connectivity index (χ1v) is 31.2. The molecule has 0 bridgehead atoms. The number of nitrogens with two attached hydrogens (primary N) is 4. The molecule has 32 nitrogen and oxygen atoms in total. The standard InChI is InChI=1S/C65H85N19O13/c1-36(2)25-48(58(91)75-46(19-12-24-72-64(69)70-3)57(90)76-47(55(68)88)27-37-13-6-4-7-14-37)82-65(97)84-83-63(96)49(28-38-15-8-5-9-16-38)78-62(95)53(34-85)81-61(94)52(31-54(67)87)80-59(92)50(29-40-32-73-45-18-11-10-17-43(40)45)79-60(93)51(30-41-33-71-35-74-41)77-56(89)44(66)26-39-20-22-42(86)23-21-39/h4-11,13-18,20-23,32-33,35-36,44,46-53,73,85-86H,12,19,24-31,34,66H2,1-3H3,(H2,67,87)(H2,68,88)(H,71,74)(H,75,91)(H,76,90)(H,77,89)(H,78,95)(H,79,93)(H,80,92)(H,81,94)(H,83,96)(H3,69,70,72)(H2,82,84,97)/t44-,46+,47+,48+,49+,50+,51-,52+,53+/m1/s1. The number of primary amides is 2. The largest absolute Gasteiger partial charge is 0.508 e. The Kier molecular flexibility index (Phi) is 28.8. The molecule has 12 amide bonds. The van der Waals surface area contributed by atoms with Gasteiger partial charge >= 0.3 is 6.03 Å². The van der Waals surface area contributed by atoms with Gasteiger partial charge in [-0.1, -0.05) is 105 Å². The zero-order valence-corrected chi connectivity index (χ0v) is 53.8. The summed E-state index contributed by atoms with van der Waals surface area (Å²) in [6.45, 7) is 2.56. The zero-order chi connectivity index (χ0) is 70.6. The minimum atomic E-state index is -1.89. The number of hydrazine groups is 1. The number of nitrogens with one attached hydrogen (secondary N) is 13. The molecule has 0 fully saturated rings. The third-order valence-electron chi connectivity index (χ3n) is 15.2. The summed E-state index contributed by atoms with van der Waals surface area (Å²) in [6.07, 6.45) is 3.18. The van der Waals surface area contributed by atoms with Crippen LogP contribution in [0.4, 0.5) is 4.79 Å². The number of aromatic hydroxyl groups is 1. The summed E-state index contributed by atoms with van der Waals surface area (Å²) in [5.74, 6) is -9.68. The number of hydrogen-bond donors (Lipinski definition) is 19. The third kappa shape index (κ3) is 24.5. The van der Waals surface area contributed by atoms with E-state index in [-0.39, 0.29) is 75.5 Å². The van der Waals surface area contributed by atoms with Crippen LogP contribution in [-0.4, -0.2) is 171 Å². The van der Waals surface area contributed by atoms with Gasteiger partial charge in [0, 0.05) is 68.3 Å². The van der Waals surface area contributed by atoms with E-state index in [4.69, 9.17) is 22.9 Å². The lowest BCUT2D eigenvalue weighted by molar-refractivity contribution is -0.136. The Bertz CT molecular complexity index is 3670. The summed E-state index contributed by atoms with van der Waals surface area (Å²) in [5.41, 5.74) is 31.2. The van der Waals surface area contributed by atoms with Crippen molar-refractivity contribution in [2.24, 2.45) is 33.8 Å². The molecule has 0 saturated heterocycles. The van der Waals surface area contributed by atoms with Gasteiger partial charge in [-0.05, 0) is 72.1 Å². The van der Waals surface area contributed by atoms with Gasteiger partial charge in [0.05, 0.1) is 25.4 Å². The maximum absolute atomic E-state index is 14.6. The van der Waals surface area contributed by atoms with Crippen molar-refractivity contribution in [1.29, 1.82) is 0 Å². The third-order valence-corrected chi connectivity index (χ3v) is 15.2. The molecule has 0 saturated carbocycles. The highest BCUT2D eigenvalue weighted by Crippen LogP contribution is 2.20. The Morgan fingerprint density at radius 1 is 0.536 bits per heavy atom. The number of nitrogens with zero attached hydrogens (tertiary/aromatic N) is 2. The monoisotopic (exact) mass is 1340 g/mol. The molecule has 0 unspecified atom stereocenters. The molecule has 9 atom stereocenters. The summed E-state index contributed by atoms with van der Waals surface area (Å²) < 4.78 is 0. The number of aliphatic imine (C=N–C) groups is 1. The van der Waals surface area contributed by atoms with Crippen molar-refractivity contribution < 1.29 is 63.0 Å². The van der Waals surface area contributed by atoms with Crippen LogP contribution in [0.5, 0.6) is 5.75 Å². The van der Waals surface area contributed by atoms with E-state index in [0.29, 0.717) is 38.9 Å². The highest BCUT2D eigenvalue weighted by molar-refractivity contribution is 5.99.